The van der Waals surface area contributed by atoms with Crippen LogP contribution < -0.4 is 16.9 Å². The van der Waals surface area contributed by atoms with Gasteiger partial charge in [0.05, 0.1) is 22.1 Å². The fraction of sp³-hybridized carbons (Fsp3) is 0.480. The zero-order valence-corrected chi connectivity index (χ0v) is 21.6. The summed E-state index contributed by atoms with van der Waals surface area (Å²) in [6.45, 7) is 10.9. The van der Waals surface area contributed by atoms with Crippen LogP contribution >= 0.6 is 11.3 Å². The fourth-order valence-electron chi connectivity index (χ4n) is 3.67. The zero-order chi connectivity index (χ0) is 25.3. The number of nitrogens with two attached hydrogens (primary N) is 2. The third-order valence-corrected chi connectivity index (χ3v) is 7.18. The molecular formula is C25H38N6O2S. The summed E-state index contributed by atoms with van der Waals surface area (Å²) in [4.78, 5) is 30.4. The summed E-state index contributed by atoms with van der Waals surface area (Å²) in [5.41, 5.74) is 10.2. The number of thiazole rings is 1. The van der Waals surface area contributed by atoms with Crippen LogP contribution in [0.15, 0.2) is 42.2 Å². The molecule has 34 heavy (non-hydrogen) atoms. The molecule has 5 N–H and O–H groups in total. The first-order valence-electron chi connectivity index (χ1n) is 11.6. The van der Waals surface area contributed by atoms with Crippen molar-refractivity contribution in [2.24, 2.45) is 17.5 Å². The minimum Gasteiger partial charge on any atom is -0.403 e. The molecule has 3 unspecified atom stereocenters. The summed E-state index contributed by atoms with van der Waals surface area (Å²) in [6, 6.07) is 8.10. The van der Waals surface area contributed by atoms with E-state index in [2.05, 4.69) is 43.2 Å². The molecular weight excluding hydrogens is 448 g/mol. The monoisotopic (exact) mass is 486 g/mol. The molecule has 2 aromatic rings. The lowest BCUT2D eigenvalue weighted by Crippen LogP contribution is -2.43. The summed E-state index contributed by atoms with van der Waals surface area (Å²) >= 11 is 1.63. The second-order valence-corrected chi connectivity index (χ2v) is 9.75. The highest BCUT2D eigenvalue weighted by molar-refractivity contribution is 7.13. The Hall–Kier alpha value is -2.91. The number of hydrogen-bond donors (Lipinski definition) is 3. The smallest absolute Gasteiger partial charge is 0.243 e. The summed E-state index contributed by atoms with van der Waals surface area (Å²) in [7, 11) is 0. The lowest BCUT2D eigenvalue weighted by atomic mass is 10.0. The molecule has 0 aliphatic carbocycles. The van der Waals surface area contributed by atoms with Crippen molar-refractivity contribution >= 4 is 23.7 Å². The number of nitrogens with zero attached hydrogens (tertiary/aromatic N) is 3. The Balaban J connectivity index is 0.000000347. The SMILES string of the molecule is CC(C)C(C)N(N)/C=C\N.Cc1ncsc1-c1ccc(C(C)NC(=O)C2CCCN2C=O)cc1. The first-order valence-corrected chi connectivity index (χ1v) is 12.5. The van der Waals surface area contributed by atoms with Gasteiger partial charge in [-0.1, -0.05) is 38.1 Å². The molecule has 3 rings (SSSR count). The van der Waals surface area contributed by atoms with E-state index in [0.29, 0.717) is 18.5 Å². The first kappa shape index (κ1) is 27.3. The Morgan fingerprint density at radius 2 is 1.94 bits per heavy atom. The average molecular weight is 487 g/mol. The van der Waals surface area contributed by atoms with Crippen LogP contribution in [0.1, 0.15) is 57.8 Å². The van der Waals surface area contributed by atoms with Crippen LogP contribution in [0.5, 0.6) is 0 Å². The van der Waals surface area contributed by atoms with E-state index in [1.165, 1.54) is 11.1 Å². The zero-order valence-electron chi connectivity index (χ0n) is 20.8. The van der Waals surface area contributed by atoms with E-state index in [-0.39, 0.29) is 18.0 Å². The number of nitrogens with one attached hydrogen (secondary N) is 1. The molecule has 2 heterocycles. The van der Waals surface area contributed by atoms with Gasteiger partial charge in [-0.05, 0) is 50.7 Å². The third kappa shape index (κ3) is 7.30. The highest BCUT2D eigenvalue weighted by Gasteiger charge is 2.30. The molecule has 1 aromatic carbocycles. The quantitative estimate of drug-likeness (QED) is 0.298. The molecule has 0 spiro atoms. The number of hydrogen-bond acceptors (Lipinski definition) is 7. The van der Waals surface area contributed by atoms with Crippen molar-refractivity contribution in [2.75, 3.05) is 6.54 Å². The number of carbonyl (C=O) groups is 2. The maximum Gasteiger partial charge on any atom is 0.243 e. The van der Waals surface area contributed by atoms with Gasteiger partial charge >= 0.3 is 0 Å². The van der Waals surface area contributed by atoms with E-state index < -0.39 is 0 Å². The maximum absolute atomic E-state index is 12.4. The van der Waals surface area contributed by atoms with Gasteiger partial charge in [0.1, 0.15) is 6.04 Å². The summed E-state index contributed by atoms with van der Waals surface area (Å²) in [5, 5.41) is 4.63. The maximum atomic E-state index is 12.4. The third-order valence-electron chi connectivity index (χ3n) is 6.20. The van der Waals surface area contributed by atoms with Crippen LogP contribution in [0, 0.1) is 12.8 Å². The molecule has 0 saturated carbocycles. The average Bonchev–Trinajstić information content (AvgIpc) is 3.48. The van der Waals surface area contributed by atoms with Crippen molar-refractivity contribution in [2.45, 2.75) is 65.6 Å². The Morgan fingerprint density at radius 1 is 1.26 bits per heavy atom. The minimum atomic E-state index is -0.330. The Morgan fingerprint density at radius 3 is 2.47 bits per heavy atom. The van der Waals surface area contributed by atoms with E-state index in [9.17, 15) is 9.59 Å². The van der Waals surface area contributed by atoms with Crippen molar-refractivity contribution in [3.8, 4) is 10.4 Å². The Kier molecular flexibility index (Phi) is 10.5. The van der Waals surface area contributed by atoms with E-state index >= 15 is 0 Å². The molecule has 1 saturated heterocycles. The van der Waals surface area contributed by atoms with E-state index in [0.717, 1.165) is 36.1 Å². The first-order chi connectivity index (χ1) is 16.2. The Bertz CT molecular complexity index is 943. The standard InChI is InChI=1S/C18H21N3O2S.C7H17N3/c1-12(20-18(23)16-4-3-9-21(16)11-22)14-5-7-15(8-6-14)17-13(2)19-10-24-17;1-6(2)7(3)10(9)5-4-8/h5-8,10-12,16H,3-4,9H2,1-2H3,(H,20,23);4-7H,8-9H2,1-3H3/b;5-4-. The molecule has 0 radical (unpaired) electrons. The number of likely N-dealkylation sites (tertiary alicyclic amines) is 1. The minimum absolute atomic E-state index is 0.0746. The number of carbonyl (C=O) groups excluding carboxylic acids is 2. The highest BCUT2D eigenvalue weighted by Crippen LogP contribution is 2.28. The fourth-order valence-corrected chi connectivity index (χ4v) is 4.48. The van der Waals surface area contributed by atoms with Gasteiger partial charge in [-0.2, -0.15) is 0 Å². The second-order valence-electron chi connectivity index (χ2n) is 8.89. The van der Waals surface area contributed by atoms with Gasteiger partial charge in [-0.3, -0.25) is 9.59 Å². The largest absolute Gasteiger partial charge is 0.403 e. The molecule has 1 aromatic heterocycles. The number of aryl methyl sites for hydroxylation is 1. The van der Waals surface area contributed by atoms with Gasteiger partial charge < -0.3 is 21.0 Å². The van der Waals surface area contributed by atoms with Crippen molar-refractivity contribution in [1.29, 1.82) is 0 Å². The van der Waals surface area contributed by atoms with Gasteiger partial charge in [0, 0.05) is 25.0 Å². The van der Waals surface area contributed by atoms with Crippen LogP contribution in [0.4, 0.5) is 0 Å². The van der Waals surface area contributed by atoms with Crippen LogP contribution in [0.25, 0.3) is 10.4 Å². The lowest BCUT2D eigenvalue weighted by molar-refractivity contribution is -0.131. The number of benzene rings is 1. The molecule has 0 bridgehead atoms. The van der Waals surface area contributed by atoms with Crippen molar-refractivity contribution in [3.63, 3.8) is 0 Å². The van der Waals surface area contributed by atoms with Gasteiger partial charge in [-0.25, -0.2) is 10.8 Å². The van der Waals surface area contributed by atoms with Crippen LogP contribution in [-0.4, -0.2) is 45.8 Å². The summed E-state index contributed by atoms with van der Waals surface area (Å²) in [5.74, 6) is 6.06. The number of aromatic nitrogens is 1. The Labute approximate surface area is 207 Å². The second kappa shape index (κ2) is 13.1. The molecule has 1 aliphatic rings. The number of rotatable bonds is 8. The summed E-state index contributed by atoms with van der Waals surface area (Å²) < 4.78 is 0. The van der Waals surface area contributed by atoms with Crippen LogP contribution in [-0.2, 0) is 9.59 Å². The van der Waals surface area contributed by atoms with E-state index in [4.69, 9.17) is 11.6 Å². The lowest BCUT2D eigenvalue weighted by Gasteiger charge is -2.25. The predicted molar refractivity (Wildman–Crippen MR) is 138 cm³/mol. The molecule has 2 amide bonds. The van der Waals surface area contributed by atoms with Gasteiger partial charge in [0.2, 0.25) is 12.3 Å². The molecule has 1 aliphatic heterocycles. The van der Waals surface area contributed by atoms with Crippen molar-refractivity contribution in [3.05, 3.63) is 53.4 Å². The predicted octanol–water partition coefficient (Wildman–Crippen LogP) is 3.55. The van der Waals surface area contributed by atoms with Gasteiger partial charge in [-0.15, -0.1) is 11.3 Å². The van der Waals surface area contributed by atoms with E-state index in [1.54, 1.807) is 27.4 Å². The van der Waals surface area contributed by atoms with Crippen LogP contribution in [0.3, 0.4) is 0 Å². The molecule has 9 heteroatoms. The van der Waals surface area contributed by atoms with Crippen molar-refractivity contribution < 1.29 is 9.59 Å². The molecule has 1 fully saturated rings. The molecule has 8 nitrogen and oxygen atoms in total. The summed E-state index contributed by atoms with van der Waals surface area (Å²) in [6.07, 6.45) is 5.51. The van der Waals surface area contributed by atoms with Crippen LogP contribution in [0.2, 0.25) is 0 Å². The van der Waals surface area contributed by atoms with Crippen molar-refractivity contribution in [1.82, 2.24) is 20.2 Å². The van der Waals surface area contributed by atoms with E-state index in [1.807, 2.05) is 31.5 Å². The van der Waals surface area contributed by atoms with Gasteiger partial charge in [0.25, 0.3) is 0 Å². The molecule has 186 valence electrons. The topological polar surface area (TPSA) is 118 Å². The number of hydrazine groups is 1. The van der Waals surface area contributed by atoms with Gasteiger partial charge in [0.15, 0.2) is 0 Å². The number of amides is 2. The normalized spacial score (nSPS) is 17.3. The highest BCUT2D eigenvalue weighted by atomic mass is 32.1. The molecule has 3 atom stereocenters.